The molecule has 4 rings (SSSR count). The third kappa shape index (κ3) is 3.00. The van der Waals surface area contributed by atoms with E-state index in [1.54, 1.807) is 11.7 Å². The number of carbonyl (C=O) groups excluding carboxylic acids is 1. The maximum absolute atomic E-state index is 12.6. The van der Waals surface area contributed by atoms with Gasteiger partial charge in [-0.3, -0.25) is 14.6 Å². The fourth-order valence-corrected chi connectivity index (χ4v) is 3.26. The summed E-state index contributed by atoms with van der Waals surface area (Å²) in [7, 11) is 1.78. The van der Waals surface area contributed by atoms with Gasteiger partial charge in [0, 0.05) is 19.0 Å². The number of benzene rings is 1. The van der Waals surface area contributed by atoms with Crippen molar-refractivity contribution in [3.63, 3.8) is 0 Å². The molecule has 1 aromatic carbocycles. The Morgan fingerprint density at radius 3 is 3.04 bits per heavy atom. The van der Waals surface area contributed by atoms with Crippen LogP contribution in [-0.4, -0.2) is 43.5 Å². The van der Waals surface area contributed by atoms with E-state index in [1.165, 1.54) is 0 Å². The van der Waals surface area contributed by atoms with Crippen LogP contribution in [0.5, 0.6) is 0 Å². The Bertz CT molecular complexity index is 915. The van der Waals surface area contributed by atoms with Crippen LogP contribution in [0.15, 0.2) is 24.3 Å². The normalized spacial score (nSPS) is 20.2. The van der Waals surface area contributed by atoms with E-state index in [0.717, 1.165) is 29.6 Å². The van der Waals surface area contributed by atoms with Crippen molar-refractivity contribution in [3.05, 3.63) is 41.6 Å². The van der Waals surface area contributed by atoms with Gasteiger partial charge in [-0.15, -0.1) is 0 Å². The van der Waals surface area contributed by atoms with Gasteiger partial charge < -0.3 is 10.1 Å². The van der Waals surface area contributed by atoms with Crippen LogP contribution in [-0.2, 0) is 11.8 Å². The molecule has 1 saturated heterocycles. The van der Waals surface area contributed by atoms with Crippen LogP contribution in [0, 0.1) is 6.92 Å². The van der Waals surface area contributed by atoms with E-state index in [0.29, 0.717) is 18.1 Å². The Hall–Kier alpha value is -2.74. The standard InChI is InChI=1S/C17H20N6O2/c1-10-19-16(21-20-10)14-8-7-11(25-14)9-18-17(24)15-12-5-3-4-6-13(12)22-23(15)2/h3-6,11,14H,7-9H2,1-2H3,(H,18,24)(H,19,20,21)/t11-,14+/m1/s1. The molecule has 1 aliphatic rings. The number of amides is 1. The number of nitrogens with zero attached hydrogens (tertiary/aromatic N) is 4. The number of carbonyl (C=O) groups is 1. The van der Waals surface area contributed by atoms with Crippen molar-refractivity contribution in [2.24, 2.45) is 7.05 Å². The fourth-order valence-electron chi connectivity index (χ4n) is 3.26. The van der Waals surface area contributed by atoms with Crippen LogP contribution in [0.3, 0.4) is 0 Å². The van der Waals surface area contributed by atoms with E-state index in [1.807, 2.05) is 31.2 Å². The number of aromatic amines is 1. The zero-order valence-electron chi connectivity index (χ0n) is 14.2. The minimum Gasteiger partial charge on any atom is -0.365 e. The van der Waals surface area contributed by atoms with Crippen LogP contribution < -0.4 is 5.32 Å². The molecule has 0 saturated carbocycles. The Labute approximate surface area is 144 Å². The Balaban J connectivity index is 1.40. The third-order valence-corrected chi connectivity index (χ3v) is 4.46. The molecule has 1 aliphatic heterocycles. The summed E-state index contributed by atoms with van der Waals surface area (Å²) in [6.07, 6.45) is 1.58. The van der Waals surface area contributed by atoms with Crippen LogP contribution in [0.1, 0.15) is 41.1 Å². The first kappa shape index (κ1) is 15.8. The summed E-state index contributed by atoms with van der Waals surface area (Å²) < 4.78 is 7.58. The lowest BCUT2D eigenvalue weighted by Gasteiger charge is -2.13. The first-order chi connectivity index (χ1) is 12.1. The van der Waals surface area contributed by atoms with Crippen LogP contribution in [0.2, 0.25) is 0 Å². The molecule has 3 aromatic rings. The van der Waals surface area contributed by atoms with Gasteiger partial charge in [0.05, 0.1) is 11.6 Å². The summed E-state index contributed by atoms with van der Waals surface area (Å²) in [5.41, 5.74) is 1.38. The first-order valence-corrected chi connectivity index (χ1v) is 8.36. The second kappa shape index (κ2) is 6.29. The van der Waals surface area contributed by atoms with E-state index >= 15 is 0 Å². The molecular formula is C17H20N6O2. The average Bonchev–Trinajstić information content (AvgIpc) is 3.30. The summed E-state index contributed by atoms with van der Waals surface area (Å²) in [5.74, 6) is 1.32. The van der Waals surface area contributed by atoms with E-state index in [2.05, 4.69) is 25.6 Å². The number of nitrogens with one attached hydrogen (secondary N) is 2. The number of ether oxygens (including phenoxy) is 1. The Morgan fingerprint density at radius 1 is 1.40 bits per heavy atom. The molecule has 1 fully saturated rings. The van der Waals surface area contributed by atoms with Gasteiger partial charge in [0.25, 0.3) is 5.91 Å². The van der Waals surface area contributed by atoms with Crippen molar-refractivity contribution < 1.29 is 9.53 Å². The van der Waals surface area contributed by atoms with Gasteiger partial charge in [-0.05, 0) is 25.8 Å². The predicted molar refractivity (Wildman–Crippen MR) is 91.0 cm³/mol. The molecule has 2 N–H and O–H groups in total. The van der Waals surface area contributed by atoms with Crippen molar-refractivity contribution in [3.8, 4) is 0 Å². The van der Waals surface area contributed by atoms with E-state index < -0.39 is 0 Å². The number of aryl methyl sites for hydroxylation is 2. The molecule has 0 bridgehead atoms. The van der Waals surface area contributed by atoms with Crippen LogP contribution >= 0.6 is 0 Å². The lowest BCUT2D eigenvalue weighted by Crippen LogP contribution is -2.33. The molecular weight excluding hydrogens is 320 g/mol. The minimum atomic E-state index is -0.142. The van der Waals surface area contributed by atoms with Crippen molar-refractivity contribution in [2.45, 2.75) is 32.0 Å². The maximum Gasteiger partial charge on any atom is 0.270 e. The molecule has 2 atom stereocenters. The monoisotopic (exact) mass is 340 g/mol. The number of rotatable bonds is 4. The van der Waals surface area contributed by atoms with Crippen molar-refractivity contribution >= 4 is 16.8 Å². The molecule has 3 heterocycles. The quantitative estimate of drug-likeness (QED) is 0.752. The molecule has 25 heavy (non-hydrogen) atoms. The number of hydrogen-bond acceptors (Lipinski definition) is 5. The van der Waals surface area contributed by atoms with Gasteiger partial charge in [0.2, 0.25) is 0 Å². The fraction of sp³-hybridized carbons (Fsp3) is 0.412. The highest BCUT2D eigenvalue weighted by molar-refractivity contribution is 6.04. The van der Waals surface area contributed by atoms with Crippen molar-refractivity contribution in [1.82, 2.24) is 30.3 Å². The summed E-state index contributed by atoms with van der Waals surface area (Å²) in [4.78, 5) is 16.9. The topological polar surface area (TPSA) is 97.7 Å². The Kier molecular flexibility index (Phi) is 3.96. The van der Waals surface area contributed by atoms with Gasteiger partial charge in [-0.25, -0.2) is 4.98 Å². The highest BCUT2D eigenvalue weighted by Crippen LogP contribution is 2.30. The largest absolute Gasteiger partial charge is 0.365 e. The number of H-pyrrole nitrogens is 1. The maximum atomic E-state index is 12.6. The van der Waals surface area contributed by atoms with Crippen molar-refractivity contribution in [1.29, 1.82) is 0 Å². The molecule has 2 aromatic heterocycles. The molecule has 0 spiro atoms. The molecule has 0 radical (unpaired) electrons. The van der Waals surface area contributed by atoms with Gasteiger partial charge >= 0.3 is 0 Å². The molecule has 1 amide bonds. The van der Waals surface area contributed by atoms with E-state index in [4.69, 9.17) is 4.74 Å². The van der Waals surface area contributed by atoms with Gasteiger partial charge in [0.15, 0.2) is 5.82 Å². The highest BCUT2D eigenvalue weighted by atomic mass is 16.5. The number of fused-ring (bicyclic) bond motifs is 1. The zero-order valence-corrected chi connectivity index (χ0v) is 14.2. The second-order valence-corrected chi connectivity index (χ2v) is 6.30. The lowest BCUT2D eigenvalue weighted by molar-refractivity contribution is 0.0391. The first-order valence-electron chi connectivity index (χ1n) is 8.36. The number of aromatic nitrogens is 5. The molecule has 8 heteroatoms. The summed E-state index contributed by atoms with van der Waals surface area (Å²) >= 11 is 0. The molecule has 8 nitrogen and oxygen atoms in total. The third-order valence-electron chi connectivity index (χ3n) is 4.46. The summed E-state index contributed by atoms with van der Waals surface area (Å²) in [6.45, 7) is 2.32. The minimum absolute atomic E-state index is 0.0350. The summed E-state index contributed by atoms with van der Waals surface area (Å²) in [6, 6.07) is 7.62. The Morgan fingerprint density at radius 2 is 2.24 bits per heavy atom. The van der Waals surface area contributed by atoms with Gasteiger partial charge in [0.1, 0.15) is 17.6 Å². The van der Waals surface area contributed by atoms with Gasteiger partial charge in [-0.2, -0.15) is 10.2 Å². The van der Waals surface area contributed by atoms with E-state index in [9.17, 15) is 4.79 Å². The zero-order chi connectivity index (χ0) is 17.4. The van der Waals surface area contributed by atoms with Crippen LogP contribution in [0.25, 0.3) is 10.9 Å². The van der Waals surface area contributed by atoms with Crippen LogP contribution in [0.4, 0.5) is 0 Å². The van der Waals surface area contributed by atoms with Crippen molar-refractivity contribution in [2.75, 3.05) is 6.54 Å². The summed E-state index contributed by atoms with van der Waals surface area (Å²) in [5, 5.41) is 15.2. The predicted octanol–water partition coefficient (Wildman–Crippen LogP) is 1.65. The average molecular weight is 340 g/mol. The van der Waals surface area contributed by atoms with E-state index in [-0.39, 0.29) is 18.1 Å². The lowest BCUT2D eigenvalue weighted by atomic mass is 10.1. The molecule has 0 aliphatic carbocycles. The number of hydrogen-bond donors (Lipinski definition) is 2. The second-order valence-electron chi connectivity index (χ2n) is 6.30. The smallest absolute Gasteiger partial charge is 0.270 e. The van der Waals surface area contributed by atoms with Gasteiger partial charge in [-0.1, -0.05) is 18.2 Å². The molecule has 130 valence electrons. The highest BCUT2D eigenvalue weighted by Gasteiger charge is 2.29. The molecule has 0 unspecified atom stereocenters. The SMILES string of the molecule is Cc1nc([C@@H]2CC[C@H](CNC(=O)c3c4ccccc4nn3C)O2)n[nH]1.